The smallest absolute Gasteiger partial charge is 0.338 e. The van der Waals surface area contributed by atoms with E-state index in [0.29, 0.717) is 0 Å². The highest BCUT2D eigenvalue weighted by Gasteiger charge is 2.78. The van der Waals surface area contributed by atoms with Gasteiger partial charge in [-0.25, -0.2) is 14.0 Å². The lowest BCUT2D eigenvalue weighted by molar-refractivity contribution is -0.346. The van der Waals surface area contributed by atoms with Crippen LogP contribution in [0.25, 0.3) is 0 Å². The number of hydrogen-bond donors (Lipinski definition) is 4. The van der Waals surface area contributed by atoms with Gasteiger partial charge >= 0.3 is 23.9 Å². The molecule has 3 aliphatic carbocycles. The summed E-state index contributed by atoms with van der Waals surface area (Å²) in [6, 6.07) is 19.0. The summed E-state index contributed by atoms with van der Waals surface area (Å²) in [7, 11) is 0. The van der Waals surface area contributed by atoms with E-state index in [4.69, 9.17) is 23.7 Å². The monoisotopic (exact) mass is 871 g/mol. The van der Waals surface area contributed by atoms with Crippen molar-refractivity contribution in [2.24, 2.45) is 16.7 Å². The summed E-state index contributed by atoms with van der Waals surface area (Å²) in [6.07, 6.45) is -10.8. The molecule has 3 aromatic rings. The number of halogens is 1. The highest BCUT2D eigenvalue weighted by Crippen LogP contribution is 2.64. The molecule has 1 saturated heterocycles. The number of esters is 4. The highest BCUT2D eigenvalue weighted by atomic mass is 19.1. The molecule has 0 aromatic heterocycles. The number of ether oxygens (including phenoxy) is 5. The molecular weight excluding hydrogens is 822 g/mol. The number of carbonyl (C=O) groups excluding carboxylic acids is 6. The second-order valence-corrected chi connectivity index (χ2v) is 17.5. The molecule has 2 unspecified atom stereocenters. The number of aliphatic hydroxyl groups excluding tert-OH is 2. The zero-order chi connectivity index (χ0) is 45.8. The van der Waals surface area contributed by atoms with E-state index >= 15 is 4.79 Å². The van der Waals surface area contributed by atoms with Crippen molar-refractivity contribution in [3.63, 3.8) is 0 Å². The lowest BCUT2D eigenvalue weighted by atomic mass is 9.44. The average Bonchev–Trinajstić information content (AvgIpc) is 3.24. The molecular formula is C47H50FNO14. The fourth-order valence-corrected chi connectivity index (χ4v) is 10.2. The van der Waals surface area contributed by atoms with E-state index in [-0.39, 0.29) is 40.9 Å². The van der Waals surface area contributed by atoms with Gasteiger partial charge in [0, 0.05) is 37.7 Å². The summed E-state index contributed by atoms with van der Waals surface area (Å²) < 4.78 is 43.9. The predicted octanol–water partition coefficient (Wildman–Crippen LogP) is 3.87. The Kier molecular flexibility index (Phi) is 12.0. The van der Waals surface area contributed by atoms with Crippen LogP contribution in [-0.2, 0) is 42.9 Å². The van der Waals surface area contributed by atoms with Gasteiger partial charge in [0.1, 0.15) is 29.7 Å². The number of rotatable bonds is 10. The molecule has 1 heterocycles. The Labute approximate surface area is 362 Å². The molecule has 16 heteroatoms. The minimum Gasteiger partial charge on any atom is -0.456 e. The van der Waals surface area contributed by atoms with Crippen molar-refractivity contribution in [2.75, 3.05) is 6.61 Å². The van der Waals surface area contributed by atoms with Gasteiger partial charge in [-0.1, -0.05) is 62.4 Å². The Morgan fingerprint density at radius 2 is 1.48 bits per heavy atom. The first-order valence-electron chi connectivity index (χ1n) is 20.6. The van der Waals surface area contributed by atoms with E-state index in [1.807, 2.05) is 0 Å². The molecule has 4 aliphatic rings. The fraction of sp³-hybridized carbons (Fsp3) is 0.447. The van der Waals surface area contributed by atoms with Crippen LogP contribution in [0, 0.1) is 22.6 Å². The van der Waals surface area contributed by atoms with Crippen LogP contribution in [0.5, 0.6) is 0 Å². The second kappa shape index (κ2) is 16.7. The van der Waals surface area contributed by atoms with Crippen molar-refractivity contribution in [1.29, 1.82) is 0 Å². The van der Waals surface area contributed by atoms with E-state index in [0.717, 1.165) is 26.0 Å². The van der Waals surface area contributed by atoms with Crippen LogP contribution in [0.4, 0.5) is 4.39 Å². The Balaban J connectivity index is 1.38. The van der Waals surface area contributed by atoms with E-state index < -0.39 is 118 Å². The van der Waals surface area contributed by atoms with Crippen molar-refractivity contribution in [2.45, 2.75) is 108 Å². The van der Waals surface area contributed by atoms with Crippen molar-refractivity contribution in [1.82, 2.24) is 5.32 Å². The largest absolute Gasteiger partial charge is 0.456 e. The molecule has 334 valence electrons. The molecule has 7 rings (SSSR count). The Morgan fingerprint density at radius 3 is 2.05 bits per heavy atom. The first-order valence-corrected chi connectivity index (χ1v) is 20.6. The van der Waals surface area contributed by atoms with E-state index in [2.05, 4.69) is 5.32 Å². The van der Waals surface area contributed by atoms with Gasteiger partial charge in [0.15, 0.2) is 23.6 Å². The predicted molar refractivity (Wildman–Crippen MR) is 218 cm³/mol. The zero-order valence-corrected chi connectivity index (χ0v) is 35.5. The highest BCUT2D eigenvalue weighted by molar-refractivity contribution is 5.96. The molecule has 1 amide bonds. The molecule has 4 N–H and O–H groups in total. The molecule has 15 nitrogen and oxygen atoms in total. The summed E-state index contributed by atoms with van der Waals surface area (Å²) >= 11 is 0. The molecule has 3 fully saturated rings. The maximum atomic E-state index is 15.5. The quantitative estimate of drug-likeness (QED) is 0.129. The number of nitrogens with one attached hydrogen (secondary N) is 1. The normalized spacial score (nSPS) is 31.6. The van der Waals surface area contributed by atoms with Gasteiger partial charge in [-0.15, -0.1) is 0 Å². The topological polar surface area (TPSA) is 221 Å². The molecule has 63 heavy (non-hydrogen) atoms. The summed E-state index contributed by atoms with van der Waals surface area (Å²) in [5.74, 6) is -7.76. The molecule has 2 saturated carbocycles. The number of amides is 1. The Morgan fingerprint density at radius 1 is 0.857 bits per heavy atom. The standard InChI is InChI=1S/C47H50FNO14/c1-24-31(61-43(57)36(53)35(27-13-9-7-10-14-27)49-41(55)28-17-19-30(48)20-18-28)22-47(58)40(62-42(56)29-15-11-8-12-16-29)38-45(6,32(52)21-33-46(38,23-59-33)63-26(3)51)39(54)37(60-25(2)50)34(24)44(47,4)5/h7-20,31-33,35-38,40,52-53,58H,21-23H2,1-6H3,(H,49,55)/t31-,32-,33+,35-,36+,37+,38?,40?,45+,46-,47+/m0/s1. The first-order chi connectivity index (χ1) is 29.7. The van der Waals surface area contributed by atoms with Crippen LogP contribution in [0.15, 0.2) is 96.1 Å². The third-order valence-electron chi connectivity index (χ3n) is 13.6. The van der Waals surface area contributed by atoms with Crippen molar-refractivity contribution >= 4 is 35.6 Å². The Bertz CT molecular complexity index is 2340. The lowest BCUT2D eigenvalue weighted by Crippen LogP contribution is -2.82. The number of aliphatic hydroxyl groups is 3. The summed E-state index contributed by atoms with van der Waals surface area (Å²) in [6.45, 7) is 7.83. The van der Waals surface area contributed by atoms with Crippen molar-refractivity contribution < 1.29 is 72.2 Å². The molecule has 11 atom stereocenters. The third kappa shape index (κ3) is 7.62. The second-order valence-electron chi connectivity index (χ2n) is 17.5. The minimum absolute atomic E-state index is 0.0260. The maximum absolute atomic E-state index is 15.5. The number of fused-ring (bicyclic) bond motifs is 5. The third-order valence-corrected chi connectivity index (χ3v) is 13.6. The van der Waals surface area contributed by atoms with Crippen molar-refractivity contribution in [3.05, 3.63) is 119 Å². The number of benzene rings is 3. The van der Waals surface area contributed by atoms with Gasteiger partial charge in [0.05, 0.1) is 35.6 Å². The van der Waals surface area contributed by atoms with E-state index in [1.54, 1.807) is 48.5 Å². The first kappa shape index (κ1) is 45.2. The number of ketones is 1. The van der Waals surface area contributed by atoms with Gasteiger partial charge < -0.3 is 44.3 Å². The Hall–Kier alpha value is -5.81. The zero-order valence-electron chi connectivity index (χ0n) is 35.5. The van der Waals surface area contributed by atoms with Gasteiger partial charge in [-0.3, -0.25) is 19.2 Å². The molecule has 1 aliphatic heterocycles. The van der Waals surface area contributed by atoms with Crippen LogP contribution < -0.4 is 5.32 Å². The summed E-state index contributed by atoms with van der Waals surface area (Å²) in [4.78, 5) is 83.4. The van der Waals surface area contributed by atoms with E-state index in [1.165, 1.54) is 52.0 Å². The molecule has 3 aromatic carbocycles. The SMILES string of the molecule is CC(=O)O[C@H]1C(=O)[C@@]2(C)C(C(OC(=O)c3ccccc3)[C@]3(O)C[C@H](OC(=O)[C@H](O)[C@@H](NC(=O)c4ccc(F)cc4)c4ccccc4)C(C)=C1C3(C)C)[C@]1(OC(C)=O)CO[C@@H]1C[C@@H]2O. The van der Waals surface area contributed by atoms with Crippen LogP contribution in [0.3, 0.4) is 0 Å². The maximum Gasteiger partial charge on any atom is 0.338 e. The number of Topliss-reactive ketones (excluding diaryl/α,β-unsaturated/α-hetero) is 1. The van der Waals surface area contributed by atoms with Gasteiger partial charge in [0.25, 0.3) is 5.91 Å². The molecule has 2 bridgehead atoms. The summed E-state index contributed by atoms with van der Waals surface area (Å²) in [5.41, 5.74) is -7.51. The van der Waals surface area contributed by atoms with Crippen molar-refractivity contribution in [3.8, 4) is 0 Å². The number of hydrogen-bond acceptors (Lipinski definition) is 14. The average molecular weight is 872 g/mol. The minimum atomic E-state index is -2.42. The lowest BCUT2D eigenvalue weighted by Gasteiger charge is -2.67. The van der Waals surface area contributed by atoms with Gasteiger partial charge in [-0.05, 0) is 67.0 Å². The number of carbonyl (C=O) groups is 6. The van der Waals surface area contributed by atoms with Gasteiger partial charge in [0.2, 0.25) is 0 Å². The fourth-order valence-electron chi connectivity index (χ4n) is 10.2. The van der Waals surface area contributed by atoms with Gasteiger partial charge in [-0.2, -0.15) is 0 Å². The van der Waals surface area contributed by atoms with Crippen LogP contribution in [0.2, 0.25) is 0 Å². The van der Waals surface area contributed by atoms with E-state index in [9.17, 15) is 43.7 Å². The van der Waals surface area contributed by atoms with Crippen LogP contribution in [0.1, 0.15) is 86.7 Å². The van der Waals surface area contributed by atoms with Crippen LogP contribution >= 0.6 is 0 Å². The molecule has 0 radical (unpaired) electrons. The molecule has 0 spiro atoms. The summed E-state index contributed by atoms with van der Waals surface area (Å²) in [5, 5.41) is 40.1. The van der Waals surface area contributed by atoms with Crippen LogP contribution in [-0.4, -0.2) is 105 Å².